The Morgan fingerprint density at radius 2 is 2.24 bits per heavy atom. The fourth-order valence-electron chi connectivity index (χ4n) is 2.33. The number of carbonyl (C=O) groups is 1. The average Bonchev–Trinajstić information content (AvgIpc) is 3.26. The molecule has 0 radical (unpaired) electrons. The van der Waals surface area contributed by atoms with Gasteiger partial charge in [-0.05, 0) is 42.5 Å². The van der Waals surface area contributed by atoms with Crippen LogP contribution in [0.3, 0.4) is 0 Å². The Bertz CT molecular complexity index is 858. The number of nitrogens with zero attached hydrogens (tertiary/aromatic N) is 5. The van der Waals surface area contributed by atoms with Crippen molar-refractivity contribution in [3.8, 4) is 11.4 Å². The molecule has 0 spiro atoms. The Labute approximate surface area is 143 Å². The molecule has 2 aromatic heterocycles. The van der Waals surface area contributed by atoms with Gasteiger partial charge in [-0.3, -0.25) is 5.10 Å². The van der Waals surface area contributed by atoms with Crippen LogP contribution in [0.15, 0.2) is 30.6 Å². The highest BCUT2D eigenvalue weighted by molar-refractivity contribution is 5.90. The molecule has 1 aromatic carbocycles. The molecular weight excluding hydrogens is 324 g/mol. The summed E-state index contributed by atoms with van der Waals surface area (Å²) in [6.07, 6.45) is 3.40. The van der Waals surface area contributed by atoms with Crippen LogP contribution in [0.25, 0.3) is 5.69 Å². The molecule has 0 fully saturated rings. The van der Waals surface area contributed by atoms with Crippen molar-refractivity contribution >= 4 is 11.7 Å². The molecule has 1 unspecified atom stereocenters. The maximum atomic E-state index is 12.2. The van der Waals surface area contributed by atoms with E-state index in [1.165, 1.54) is 4.68 Å². The lowest BCUT2D eigenvalue weighted by atomic mass is 10.2. The fourth-order valence-corrected chi connectivity index (χ4v) is 2.33. The van der Waals surface area contributed by atoms with E-state index in [0.717, 1.165) is 5.56 Å². The smallest absolute Gasteiger partial charge is 0.319 e. The summed E-state index contributed by atoms with van der Waals surface area (Å²) in [6, 6.07) is 4.71. The number of hydrogen-bond acceptors (Lipinski definition) is 6. The Balaban J connectivity index is 1.77. The van der Waals surface area contributed by atoms with Gasteiger partial charge in [-0.2, -0.15) is 9.78 Å². The minimum absolute atomic E-state index is 0.182. The van der Waals surface area contributed by atoms with E-state index in [1.54, 1.807) is 44.6 Å². The molecule has 25 heavy (non-hydrogen) atoms. The van der Waals surface area contributed by atoms with Gasteiger partial charge in [-0.1, -0.05) is 0 Å². The number of aromatic amines is 1. The third-order valence-electron chi connectivity index (χ3n) is 3.66. The molecule has 0 aliphatic heterocycles. The zero-order valence-corrected chi connectivity index (χ0v) is 14.0. The lowest BCUT2D eigenvalue weighted by molar-refractivity contribution is 0.249. The van der Waals surface area contributed by atoms with Crippen molar-refractivity contribution in [3.63, 3.8) is 0 Å². The predicted octanol–water partition coefficient (Wildman–Crippen LogP) is 1.59. The van der Waals surface area contributed by atoms with E-state index in [9.17, 15) is 4.79 Å². The number of methoxy groups -OCH3 is 1. The largest absolute Gasteiger partial charge is 0.494 e. The Morgan fingerprint density at radius 3 is 2.88 bits per heavy atom. The number of hydrogen-bond donors (Lipinski definition) is 3. The number of amides is 2. The van der Waals surface area contributed by atoms with Gasteiger partial charge in [0.05, 0.1) is 19.3 Å². The van der Waals surface area contributed by atoms with E-state index >= 15 is 0 Å². The molecule has 0 aliphatic carbocycles. The highest BCUT2D eigenvalue weighted by Gasteiger charge is 2.14. The topological polar surface area (TPSA) is 123 Å². The predicted molar refractivity (Wildman–Crippen MR) is 89.6 cm³/mol. The second kappa shape index (κ2) is 6.99. The second-order valence-corrected chi connectivity index (χ2v) is 5.38. The van der Waals surface area contributed by atoms with Crippen LogP contribution in [0, 0.1) is 6.92 Å². The number of aromatic nitrogens is 6. The lowest BCUT2D eigenvalue weighted by Crippen LogP contribution is -2.31. The first-order chi connectivity index (χ1) is 12.1. The number of carbonyl (C=O) groups excluding carboxylic acids is 1. The summed E-state index contributed by atoms with van der Waals surface area (Å²) in [5.41, 5.74) is 2.10. The van der Waals surface area contributed by atoms with Crippen LogP contribution in [0.1, 0.15) is 24.4 Å². The quantitative estimate of drug-likeness (QED) is 0.647. The highest BCUT2D eigenvalue weighted by Crippen LogP contribution is 2.26. The second-order valence-electron chi connectivity index (χ2n) is 5.38. The fraction of sp³-hybridized carbons (Fsp3) is 0.267. The zero-order valence-electron chi connectivity index (χ0n) is 14.0. The van der Waals surface area contributed by atoms with Crippen molar-refractivity contribution in [3.05, 3.63) is 42.0 Å². The Kier molecular flexibility index (Phi) is 4.59. The minimum Gasteiger partial charge on any atom is -0.494 e. The van der Waals surface area contributed by atoms with E-state index in [1.807, 2.05) is 6.92 Å². The first-order valence-electron chi connectivity index (χ1n) is 7.58. The summed E-state index contributed by atoms with van der Waals surface area (Å²) in [6.45, 7) is 3.65. The van der Waals surface area contributed by atoms with Crippen LogP contribution >= 0.6 is 0 Å². The molecule has 3 N–H and O–H groups in total. The van der Waals surface area contributed by atoms with Crippen molar-refractivity contribution in [2.75, 3.05) is 12.4 Å². The van der Waals surface area contributed by atoms with Crippen molar-refractivity contribution in [1.29, 1.82) is 0 Å². The number of benzene rings is 1. The molecule has 0 saturated carbocycles. The van der Waals surface area contributed by atoms with Gasteiger partial charge in [-0.25, -0.2) is 4.79 Å². The molecular formula is C15H18N8O2. The molecule has 1 atom stereocenters. The van der Waals surface area contributed by atoms with Gasteiger partial charge < -0.3 is 15.4 Å². The maximum absolute atomic E-state index is 12.2. The number of rotatable bonds is 5. The number of H-pyrrole nitrogens is 1. The molecule has 2 heterocycles. The molecule has 0 saturated heterocycles. The van der Waals surface area contributed by atoms with Crippen molar-refractivity contribution in [2.24, 2.45) is 0 Å². The Morgan fingerprint density at radius 1 is 1.40 bits per heavy atom. The van der Waals surface area contributed by atoms with Gasteiger partial charge in [0.15, 0.2) is 5.82 Å². The van der Waals surface area contributed by atoms with Crippen molar-refractivity contribution in [1.82, 2.24) is 35.7 Å². The van der Waals surface area contributed by atoms with Crippen molar-refractivity contribution < 1.29 is 9.53 Å². The van der Waals surface area contributed by atoms with Crippen LogP contribution in [0.5, 0.6) is 5.75 Å². The molecule has 0 aliphatic rings. The minimum atomic E-state index is -0.335. The first kappa shape index (κ1) is 16.4. The zero-order chi connectivity index (χ0) is 17.8. The average molecular weight is 342 g/mol. The summed E-state index contributed by atoms with van der Waals surface area (Å²) >= 11 is 0. The van der Waals surface area contributed by atoms with E-state index in [2.05, 4.69) is 36.4 Å². The standard InChI is InChI=1S/C15H18N8O2/c1-9(11-7-16-17-8-11)18-15(24)19-12-4-5-14(25-3)13(6-12)23-10(2)20-21-22-23/h4-9H,1-3H3,(H,16,17)(H2,18,19,24). The number of anilines is 1. The van der Waals surface area contributed by atoms with E-state index in [-0.39, 0.29) is 12.1 Å². The van der Waals surface area contributed by atoms with E-state index in [0.29, 0.717) is 22.9 Å². The van der Waals surface area contributed by atoms with Crippen LogP contribution in [-0.2, 0) is 0 Å². The summed E-state index contributed by atoms with van der Waals surface area (Å²) in [5, 5.41) is 23.6. The van der Waals surface area contributed by atoms with Crippen molar-refractivity contribution in [2.45, 2.75) is 19.9 Å². The molecule has 130 valence electrons. The lowest BCUT2D eigenvalue weighted by Gasteiger charge is -2.15. The summed E-state index contributed by atoms with van der Waals surface area (Å²) in [7, 11) is 1.56. The molecule has 10 nitrogen and oxygen atoms in total. The summed E-state index contributed by atoms with van der Waals surface area (Å²) in [4.78, 5) is 12.2. The van der Waals surface area contributed by atoms with Crippen LogP contribution in [0.2, 0.25) is 0 Å². The monoisotopic (exact) mass is 342 g/mol. The molecule has 3 aromatic rings. The van der Waals surface area contributed by atoms with Gasteiger partial charge in [0.25, 0.3) is 0 Å². The summed E-state index contributed by atoms with van der Waals surface area (Å²) in [5.74, 6) is 1.20. The van der Waals surface area contributed by atoms with E-state index in [4.69, 9.17) is 4.74 Å². The number of urea groups is 1. The molecule has 2 amide bonds. The van der Waals surface area contributed by atoms with Gasteiger partial charge in [-0.15, -0.1) is 5.10 Å². The van der Waals surface area contributed by atoms with E-state index < -0.39 is 0 Å². The number of nitrogens with one attached hydrogen (secondary N) is 3. The van der Waals surface area contributed by atoms with Gasteiger partial charge >= 0.3 is 6.03 Å². The number of tetrazole rings is 1. The third-order valence-corrected chi connectivity index (χ3v) is 3.66. The third kappa shape index (κ3) is 3.57. The molecule has 0 bridgehead atoms. The number of ether oxygens (including phenoxy) is 1. The van der Waals surface area contributed by atoms with Crippen LogP contribution in [-0.4, -0.2) is 43.5 Å². The SMILES string of the molecule is COc1ccc(NC(=O)NC(C)c2cn[nH]c2)cc1-n1nnnc1C. The van der Waals surface area contributed by atoms with Crippen LogP contribution < -0.4 is 15.4 Å². The first-order valence-corrected chi connectivity index (χ1v) is 7.58. The molecule has 3 rings (SSSR count). The van der Waals surface area contributed by atoms with Gasteiger partial charge in [0.1, 0.15) is 11.4 Å². The Hall–Kier alpha value is -3.43. The molecule has 10 heteroatoms. The normalized spacial score (nSPS) is 11.8. The summed E-state index contributed by atoms with van der Waals surface area (Å²) < 4.78 is 6.88. The van der Waals surface area contributed by atoms with Gasteiger partial charge in [0.2, 0.25) is 0 Å². The highest BCUT2D eigenvalue weighted by atomic mass is 16.5. The van der Waals surface area contributed by atoms with Crippen LogP contribution in [0.4, 0.5) is 10.5 Å². The maximum Gasteiger partial charge on any atom is 0.319 e. The van der Waals surface area contributed by atoms with Gasteiger partial charge in [0, 0.05) is 17.4 Å². The number of aryl methyl sites for hydroxylation is 1.